The minimum absolute atomic E-state index is 0.0258. The summed E-state index contributed by atoms with van der Waals surface area (Å²) in [6.07, 6.45) is 1.59. The number of rotatable bonds is 6. The number of anilines is 2. The second kappa shape index (κ2) is 8.67. The van der Waals surface area contributed by atoms with Crippen molar-refractivity contribution in [3.63, 3.8) is 0 Å². The van der Waals surface area contributed by atoms with Gasteiger partial charge in [0, 0.05) is 17.6 Å². The maximum Gasteiger partial charge on any atom is 0.244 e. The molecule has 0 aromatic heterocycles. The molecule has 0 aliphatic rings. The molecule has 0 radical (unpaired) electrons. The van der Waals surface area contributed by atoms with E-state index in [1.807, 2.05) is 32.0 Å². The predicted molar refractivity (Wildman–Crippen MR) is 103 cm³/mol. The van der Waals surface area contributed by atoms with Gasteiger partial charge in [0.15, 0.2) is 0 Å². The number of hydrogen-bond acceptors (Lipinski definition) is 2. The number of nitrogens with zero attached hydrogens (tertiary/aromatic N) is 1. The highest BCUT2D eigenvalue weighted by atomic mass is 35.5. The molecule has 2 aromatic carbocycles. The molecule has 132 valence electrons. The van der Waals surface area contributed by atoms with E-state index in [0.717, 1.165) is 29.7 Å². The first-order chi connectivity index (χ1) is 12.0. The maximum absolute atomic E-state index is 12.4. The molecule has 0 aliphatic carbocycles. The van der Waals surface area contributed by atoms with Crippen LogP contribution in [0.1, 0.15) is 31.9 Å². The fourth-order valence-electron chi connectivity index (χ4n) is 2.79. The van der Waals surface area contributed by atoms with Crippen molar-refractivity contribution in [3.05, 3.63) is 58.6 Å². The topological polar surface area (TPSA) is 49.4 Å². The van der Waals surface area contributed by atoms with Crippen LogP contribution in [0.2, 0.25) is 5.02 Å². The van der Waals surface area contributed by atoms with E-state index in [2.05, 4.69) is 5.32 Å². The fraction of sp³-hybridized carbons (Fsp3) is 0.300. The van der Waals surface area contributed by atoms with Gasteiger partial charge in [-0.1, -0.05) is 43.6 Å². The van der Waals surface area contributed by atoms with E-state index in [0.29, 0.717) is 10.7 Å². The molecule has 2 amide bonds. The Balaban J connectivity index is 2.26. The van der Waals surface area contributed by atoms with Gasteiger partial charge in [-0.3, -0.25) is 9.59 Å². The molecule has 0 heterocycles. The number of halogens is 1. The van der Waals surface area contributed by atoms with Crippen molar-refractivity contribution in [2.75, 3.05) is 16.8 Å². The molecule has 0 atom stereocenters. The highest BCUT2D eigenvalue weighted by molar-refractivity contribution is 6.30. The van der Waals surface area contributed by atoms with Gasteiger partial charge in [0.05, 0.1) is 5.69 Å². The van der Waals surface area contributed by atoms with Crippen molar-refractivity contribution in [1.29, 1.82) is 0 Å². The Morgan fingerprint density at radius 3 is 2.04 bits per heavy atom. The Morgan fingerprint density at radius 2 is 1.56 bits per heavy atom. The van der Waals surface area contributed by atoms with Gasteiger partial charge in [-0.25, -0.2) is 0 Å². The van der Waals surface area contributed by atoms with Gasteiger partial charge in [-0.2, -0.15) is 0 Å². The molecule has 25 heavy (non-hydrogen) atoms. The molecule has 2 rings (SSSR count). The summed E-state index contributed by atoms with van der Waals surface area (Å²) in [7, 11) is 0. The van der Waals surface area contributed by atoms with Crippen LogP contribution in [0.5, 0.6) is 0 Å². The van der Waals surface area contributed by atoms with E-state index in [-0.39, 0.29) is 18.4 Å². The third-order valence-electron chi connectivity index (χ3n) is 4.04. The summed E-state index contributed by atoms with van der Waals surface area (Å²) in [6, 6.07) is 12.9. The molecule has 0 unspecified atom stereocenters. The normalized spacial score (nSPS) is 10.4. The standard InChI is InChI=1S/C20H23ClN2O2/c1-4-15-7-6-8-16(5-2)20(15)23(14(3)24)13-19(25)22-18-11-9-17(21)10-12-18/h6-12H,4-5,13H2,1-3H3,(H,22,25). The summed E-state index contributed by atoms with van der Waals surface area (Å²) in [5, 5.41) is 3.41. The van der Waals surface area contributed by atoms with Gasteiger partial charge >= 0.3 is 0 Å². The summed E-state index contributed by atoms with van der Waals surface area (Å²) >= 11 is 5.86. The molecule has 5 heteroatoms. The third kappa shape index (κ3) is 4.83. The highest BCUT2D eigenvalue weighted by Gasteiger charge is 2.21. The average Bonchev–Trinajstić information content (AvgIpc) is 2.60. The van der Waals surface area contributed by atoms with Crippen LogP contribution < -0.4 is 10.2 Å². The van der Waals surface area contributed by atoms with Crippen LogP contribution in [0.15, 0.2) is 42.5 Å². The number of benzene rings is 2. The molecule has 0 aliphatic heterocycles. The first kappa shape index (κ1) is 19.0. The Morgan fingerprint density at radius 1 is 1.00 bits per heavy atom. The van der Waals surface area contributed by atoms with Crippen molar-refractivity contribution >= 4 is 34.8 Å². The van der Waals surface area contributed by atoms with E-state index in [4.69, 9.17) is 11.6 Å². The van der Waals surface area contributed by atoms with Crippen molar-refractivity contribution in [3.8, 4) is 0 Å². The molecule has 0 fully saturated rings. The van der Waals surface area contributed by atoms with Crippen molar-refractivity contribution in [2.45, 2.75) is 33.6 Å². The number of carbonyl (C=O) groups excluding carboxylic acids is 2. The van der Waals surface area contributed by atoms with E-state index >= 15 is 0 Å². The van der Waals surface area contributed by atoms with Gasteiger partial charge in [0.1, 0.15) is 6.54 Å². The molecule has 2 aromatic rings. The molecule has 0 spiro atoms. The lowest BCUT2D eigenvalue weighted by Crippen LogP contribution is -2.37. The smallest absolute Gasteiger partial charge is 0.244 e. The Labute approximate surface area is 153 Å². The van der Waals surface area contributed by atoms with Crippen LogP contribution in [0.4, 0.5) is 11.4 Å². The Hall–Kier alpha value is -2.33. The zero-order chi connectivity index (χ0) is 18.4. The van der Waals surface area contributed by atoms with Crippen molar-refractivity contribution in [2.24, 2.45) is 0 Å². The van der Waals surface area contributed by atoms with Crippen LogP contribution in [0.3, 0.4) is 0 Å². The number of amides is 2. The zero-order valence-electron chi connectivity index (χ0n) is 14.8. The minimum atomic E-state index is -0.245. The molecular formula is C20H23ClN2O2. The highest BCUT2D eigenvalue weighted by Crippen LogP contribution is 2.27. The molecule has 4 nitrogen and oxygen atoms in total. The van der Waals surface area contributed by atoms with Gasteiger partial charge < -0.3 is 10.2 Å². The van der Waals surface area contributed by atoms with Crippen LogP contribution in [-0.4, -0.2) is 18.4 Å². The quantitative estimate of drug-likeness (QED) is 0.828. The first-order valence-electron chi connectivity index (χ1n) is 8.40. The second-order valence-corrected chi connectivity index (χ2v) is 6.23. The van der Waals surface area contributed by atoms with Crippen LogP contribution in [0, 0.1) is 0 Å². The third-order valence-corrected chi connectivity index (χ3v) is 4.30. The van der Waals surface area contributed by atoms with Gasteiger partial charge in [-0.05, 0) is 48.2 Å². The first-order valence-corrected chi connectivity index (χ1v) is 8.78. The maximum atomic E-state index is 12.4. The van der Waals surface area contributed by atoms with Crippen LogP contribution in [0.25, 0.3) is 0 Å². The second-order valence-electron chi connectivity index (χ2n) is 5.79. The van der Waals surface area contributed by atoms with Crippen molar-refractivity contribution in [1.82, 2.24) is 0 Å². The lowest BCUT2D eigenvalue weighted by Gasteiger charge is -2.26. The summed E-state index contributed by atoms with van der Waals surface area (Å²) in [6.45, 7) is 5.55. The van der Waals surface area contributed by atoms with Crippen LogP contribution >= 0.6 is 11.6 Å². The Kier molecular flexibility index (Phi) is 6.59. The lowest BCUT2D eigenvalue weighted by atomic mass is 10.0. The fourth-order valence-corrected chi connectivity index (χ4v) is 2.91. The number of aryl methyl sites for hydroxylation is 2. The molecule has 1 N–H and O–H groups in total. The molecule has 0 saturated carbocycles. The molecule has 0 bridgehead atoms. The summed E-state index contributed by atoms with van der Waals surface area (Å²) < 4.78 is 0. The summed E-state index contributed by atoms with van der Waals surface area (Å²) in [4.78, 5) is 26.2. The largest absolute Gasteiger partial charge is 0.325 e. The van der Waals surface area contributed by atoms with Crippen molar-refractivity contribution < 1.29 is 9.59 Å². The Bertz CT molecular complexity index is 735. The number of para-hydroxylation sites is 1. The predicted octanol–water partition coefficient (Wildman–Crippen LogP) is 4.46. The SMILES string of the molecule is CCc1cccc(CC)c1N(CC(=O)Nc1ccc(Cl)cc1)C(C)=O. The monoisotopic (exact) mass is 358 g/mol. The van der Waals surface area contributed by atoms with Crippen LogP contribution in [-0.2, 0) is 22.4 Å². The number of carbonyl (C=O) groups is 2. The summed E-state index contributed by atoms with van der Waals surface area (Å²) in [5.41, 5.74) is 3.63. The number of nitrogens with one attached hydrogen (secondary N) is 1. The van der Waals surface area contributed by atoms with Gasteiger partial charge in [-0.15, -0.1) is 0 Å². The van der Waals surface area contributed by atoms with Gasteiger partial charge in [0.25, 0.3) is 0 Å². The number of hydrogen-bond donors (Lipinski definition) is 1. The van der Waals surface area contributed by atoms with E-state index < -0.39 is 0 Å². The lowest BCUT2D eigenvalue weighted by molar-refractivity contribution is -0.120. The zero-order valence-corrected chi connectivity index (χ0v) is 15.6. The molecular weight excluding hydrogens is 336 g/mol. The van der Waals surface area contributed by atoms with E-state index in [1.54, 1.807) is 29.2 Å². The van der Waals surface area contributed by atoms with E-state index in [1.165, 1.54) is 6.92 Å². The van der Waals surface area contributed by atoms with Gasteiger partial charge in [0.2, 0.25) is 11.8 Å². The minimum Gasteiger partial charge on any atom is -0.325 e. The molecule has 0 saturated heterocycles. The average molecular weight is 359 g/mol. The summed E-state index contributed by atoms with van der Waals surface area (Å²) in [5.74, 6) is -0.396. The van der Waals surface area contributed by atoms with E-state index in [9.17, 15) is 9.59 Å².